The molecule has 94 valence electrons. The highest BCUT2D eigenvalue weighted by molar-refractivity contribution is 6.30. The van der Waals surface area contributed by atoms with Gasteiger partial charge in [0.1, 0.15) is 11.6 Å². The van der Waals surface area contributed by atoms with Gasteiger partial charge in [-0.2, -0.15) is 0 Å². The second-order valence-corrected chi connectivity index (χ2v) is 4.43. The van der Waals surface area contributed by atoms with Crippen LogP contribution < -0.4 is 5.73 Å². The van der Waals surface area contributed by atoms with E-state index in [0.717, 1.165) is 6.07 Å². The summed E-state index contributed by atoms with van der Waals surface area (Å²) >= 11 is 5.72. The van der Waals surface area contributed by atoms with Crippen molar-refractivity contribution in [2.75, 3.05) is 0 Å². The largest absolute Gasteiger partial charge is 0.322 e. The SMILES string of the molecule is NC(Cc1cc(F)cc(F)c1)c1ccc(Cl)cn1. The number of hydrogen-bond acceptors (Lipinski definition) is 2. The van der Waals surface area contributed by atoms with Crippen molar-refractivity contribution >= 4 is 11.6 Å². The third kappa shape index (κ3) is 3.24. The summed E-state index contributed by atoms with van der Waals surface area (Å²) in [7, 11) is 0. The molecule has 0 aliphatic carbocycles. The van der Waals surface area contributed by atoms with E-state index in [1.54, 1.807) is 12.1 Å². The van der Waals surface area contributed by atoms with Crippen LogP contribution in [-0.2, 0) is 6.42 Å². The van der Waals surface area contributed by atoms with Crippen LogP contribution in [0.25, 0.3) is 0 Å². The number of rotatable bonds is 3. The van der Waals surface area contributed by atoms with Crippen LogP contribution >= 0.6 is 11.6 Å². The van der Waals surface area contributed by atoms with E-state index < -0.39 is 17.7 Å². The number of pyridine rings is 1. The van der Waals surface area contributed by atoms with Gasteiger partial charge >= 0.3 is 0 Å². The molecule has 18 heavy (non-hydrogen) atoms. The van der Waals surface area contributed by atoms with Gasteiger partial charge in [-0.25, -0.2) is 8.78 Å². The van der Waals surface area contributed by atoms with Crippen LogP contribution in [0.3, 0.4) is 0 Å². The Morgan fingerprint density at radius 3 is 2.39 bits per heavy atom. The maximum absolute atomic E-state index is 13.0. The fourth-order valence-electron chi connectivity index (χ4n) is 1.69. The molecule has 1 aromatic carbocycles. The van der Waals surface area contributed by atoms with Gasteiger partial charge in [-0.3, -0.25) is 4.98 Å². The molecular formula is C13H11ClF2N2. The maximum atomic E-state index is 13.0. The summed E-state index contributed by atoms with van der Waals surface area (Å²) in [5, 5.41) is 0.516. The van der Waals surface area contributed by atoms with Crippen LogP contribution in [0.1, 0.15) is 17.3 Å². The van der Waals surface area contributed by atoms with Gasteiger partial charge in [-0.1, -0.05) is 11.6 Å². The smallest absolute Gasteiger partial charge is 0.126 e. The highest BCUT2D eigenvalue weighted by Gasteiger charge is 2.10. The molecule has 1 unspecified atom stereocenters. The van der Waals surface area contributed by atoms with Crippen LogP contribution in [0, 0.1) is 11.6 Å². The predicted octanol–water partition coefficient (Wildman–Crippen LogP) is 3.26. The van der Waals surface area contributed by atoms with E-state index in [9.17, 15) is 8.78 Å². The number of nitrogens with two attached hydrogens (primary N) is 1. The summed E-state index contributed by atoms with van der Waals surface area (Å²) in [6.45, 7) is 0. The molecule has 2 nitrogen and oxygen atoms in total. The molecule has 1 heterocycles. The highest BCUT2D eigenvalue weighted by Crippen LogP contribution is 2.17. The van der Waals surface area contributed by atoms with E-state index in [2.05, 4.69) is 4.98 Å². The summed E-state index contributed by atoms with van der Waals surface area (Å²) in [6, 6.07) is 6.30. The lowest BCUT2D eigenvalue weighted by molar-refractivity contribution is 0.575. The van der Waals surface area contributed by atoms with Crippen molar-refractivity contribution in [2.45, 2.75) is 12.5 Å². The molecule has 0 saturated carbocycles. The van der Waals surface area contributed by atoms with E-state index >= 15 is 0 Å². The Hall–Kier alpha value is -1.52. The van der Waals surface area contributed by atoms with E-state index in [1.807, 2.05) is 0 Å². The highest BCUT2D eigenvalue weighted by atomic mass is 35.5. The van der Waals surface area contributed by atoms with E-state index in [0.29, 0.717) is 22.7 Å². The number of halogens is 3. The molecule has 0 aliphatic heterocycles. The molecule has 0 aliphatic rings. The van der Waals surface area contributed by atoms with Crippen molar-refractivity contribution in [2.24, 2.45) is 5.73 Å². The van der Waals surface area contributed by atoms with Gasteiger partial charge in [0.25, 0.3) is 0 Å². The fraction of sp³-hybridized carbons (Fsp3) is 0.154. The molecule has 0 spiro atoms. The topological polar surface area (TPSA) is 38.9 Å². The molecule has 1 aromatic heterocycles. The van der Waals surface area contributed by atoms with Crippen molar-refractivity contribution in [3.63, 3.8) is 0 Å². The Morgan fingerprint density at radius 2 is 1.83 bits per heavy atom. The Labute approximate surface area is 108 Å². The summed E-state index contributed by atoms with van der Waals surface area (Å²) in [4.78, 5) is 4.07. The van der Waals surface area contributed by atoms with Gasteiger partial charge in [0, 0.05) is 12.3 Å². The Balaban J connectivity index is 2.15. The zero-order chi connectivity index (χ0) is 13.1. The minimum atomic E-state index is -0.610. The molecule has 0 saturated heterocycles. The summed E-state index contributed by atoms with van der Waals surface area (Å²) in [5.41, 5.74) is 7.05. The third-order valence-corrected chi connectivity index (χ3v) is 2.73. The average Bonchev–Trinajstić information content (AvgIpc) is 2.28. The first-order valence-electron chi connectivity index (χ1n) is 5.36. The second kappa shape index (κ2) is 5.42. The molecule has 2 N–H and O–H groups in total. The summed E-state index contributed by atoms with van der Waals surface area (Å²) in [6.07, 6.45) is 1.80. The summed E-state index contributed by atoms with van der Waals surface area (Å²) < 4.78 is 26.0. The van der Waals surface area contributed by atoms with Gasteiger partial charge in [0.05, 0.1) is 16.8 Å². The van der Waals surface area contributed by atoms with Crippen molar-refractivity contribution in [1.29, 1.82) is 0 Å². The molecule has 1 atom stereocenters. The quantitative estimate of drug-likeness (QED) is 0.928. The lowest BCUT2D eigenvalue weighted by atomic mass is 10.0. The van der Waals surface area contributed by atoms with E-state index in [1.165, 1.54) is 18.3 Å². The maximum Gasteiger partial charge on any atom is 0.126 e. The van der Waals surface area contributed by atoms with Crippen molar-refractivity contribution in [1.82, 2.24) is 4.98 Å². The molecule has 5 heteroatoms. The summed E-state index contributed by atoms with van der Waals surface area (Å²) in [5.74, 6) is -1.22. The standard InChI is InChI=1S/C13H11ClF2N2/c14-9-1-2-13(18-7-9)12(17)5-8-3-10(15)6-11(16)4-8/h1-4,6-7,12H,5,17H2. The lowest BCUT2D eigenvalue weighted by Gasteiger charge is -2.11. The van der Waals surface area contributed by atoms with Crippen molar-refractivity contribution in [3.05, 3.63) is 64.4 Å². The van der Waals surface area contributed by atoms with Crippen LogP contribution in [0.2, 0.25) is 5.02 Å². The number of nitrogens with zero attached hydrogens (tertiary/aromatic N) is 1. The minimum Gasteiger partial charge on any atom is -0.322 e. The zero-order valence-corrected chi connectivity index (χ0v) is 10.2. The number of hydrogen-bond donors (Lipinski definition) is 1. The van der Waals surface area contributed by atoms with Gasteiger partial charge in [-0.05, 0) is 36.2 Å². The number of benzene rings is 1. The first-order chi connectivity index (χ1) is 8.54. The van der Waals surface area contributed by atoms with Crippen molar-refractivity contribution in [3.8, 4) is 0 Å². The van der Waals surface area contributed by atoms with Gasteiger partial charge in [0.2, 0.25) is 0 Å². The van der Waals surface area contributed by atoms with Crippen LogP contribution in [0.4, 0.5) is 8.78 Å². The van der Waals surface area contributed by atoms with Crippen molar-refractivity contribution < 1.29 is 8.78 Å². The lowest BCUT2D eigenvalue weighted by Crippen LogP contribution is -2.15. The normalized spacial score (nSPS) is 12.4. The van der Waals surface area contributed by atoms with Gasteiger partial charge in [-0.15, -0.1) is 0 Å². The molecule has 0 fully saturated rings. The monoisotopic (exact) mass is 268 g/mol. The third-order valence-electron chi connectivity index (χ3n) is 2.51. The first-order valence-corrected chi connectivity index (χ1v) is 5.74. The van der Waals surface area contributed by atoms with Gasteiger partial charge in [0.15, 0.2) is 0 Å². The van der Waals surface area contributed by atoms with Gasteiger partial charge < -0.3 is 5.73 Å². The molecule has 0 radical (unpaired) electrons. The zero-order valence-electron chi connectivity index (χ0n) is 9.41. The number of aromatic nitrogens is 1. The van der Waals surface area contributed by atoms with Crippen LogP contribution in [0.5, 0.6) is 0 Å². The Bertz CT molecular complexity index is 523. The van der Waals surface area contributed by atoms with Crippen LogP contribution in [0.15, 0.2) is 36.5 Å². The Kier molecular flexibility index (Phi) is 3.89. The van der Waals surface area contributed by atoms with Crippen LogP contribution in [-0.4, -0.2) is 4.98 Å². The predicted molar refractivity (Wildman–Crippen MR) is 66.2 cm³/mol. The molecular weight excluding hydrogens is 258 g/mol. The molecule has 0 amide bonds. The molecule has 0 bridgehead atoms. The Morgan fingerprint density at radius 1 is 1.17 bits per heavy atom. The molecule has 2 rings (SSSR count). The first kappa shape index (κ1) is 12.9. The van der Waals surface area contributed by atoms with E-state index in [4.69, 9.17) is 17.3 Å². The average molecular weight is 269 g/mol. The molecule has 2 aromatic rings. The van der Waals surface area contributed by atoms with E-state index in [-0.39, 0.29) is 0 Å². The fourth-order valence-corrected chi connectivity index (χ4v) is 1.81. The minimum absolute atomic E-state index is 0.309. The second-order valence-electron chi connectivity index (χ2n) is 3.99.